The van der Waals surface area contributed by atoms with Gasteiger partial charge < -0.3 is 5.32 Å². The van der Waals surface area contributed by atoms with Crippen molar-refractivity contribution >= 4 is 5.82 Å². The van der Waals surface area contributed by atoms with E-state index in [1.807, 2.05) is 13.0 Å². The van der Waals surface area contributed by atoms with Crippen molar-refractivity contribution in [2.24, 2.45) is 0 Å². The van der Waals surface area contributed by atoms with E-state index in [0.29, 0.717) is 0 Å². The zero-order valence-corrected chi connectivity index (χ0v) is 12.2. The molecule has 104 valence electrons. The number of nitrogens with zero attached hydrogens (tertiary/aromatic N) is 2. The SMILES string of the molecule is CCNc1cc(C)nc(C2(c3ccccc3)CCC2)n1. The smallest absolute Gasteiger partial charge is 0.141 e. The molecule has 0 amide bonds. The van der Waals surface area contributed by atoms with Crippen molar-refractivity contribution in [2.75, 3.05) is 11.9 Å². The summed E-state index contributed by atoms with van der Waals surface area (Å²) in [7, 11) is 0. The minimum absolute atomic E-state index is 0.0252. The van der Waals surface area contributed by atoms with Crippen LogP contribution in [0, 0.1) is 6.92 Å². The molecule has 0 bridgehead atoms. The van der Waals surface area contributed by atoms with Crippen molar-refractivity contribution in [3.8, 4) is 0 Å². The van der Waals surface area contributed by atoms with Gasteiger partial charge in [0.25, 0.3) is 0 Å². The fourth-order valence-electron chi connectivity index (χ4n) is 2.98. The van der Waals surface area contributed by atoms with Crippen LogP contribution in [0.25, 0.3) is 0 Å². The van der Waals surface area contributed by atoms with Crippen molar-refractivity contribution in [1.29, 1.82) is 0 Å². The second-order valence-electron chi connectivity index (χ2n) is 5.55. The summed E-state index contributed by atoms with van der Waals surface area (Å²) in [6.07, 6.45) is 3.54. The van der Waals surface area contributed by atoms with Crippen LogP contribution in [0.15, 0.2) is 36.4 Å². The van der Waals surface area contributed by atoms with Crippen LogP contribution >= 0.6 is 0 Å². The van der Waals surface area contributed by atoms with E-state index >= 15 is 0 Å². The first-order valence-corrected chi connectivity index (χ1v) is 7.40. The Morgan fingerprint density at radius 3 is 2.50 bits per heavy atom. The summed E-state index contributed by atoms with van der Waals surface area (Å²) in [5, 5.41) is 3.31. The molecule has 1 fully saturated rings. The first-order chi connectivity index (χ1) is 9.74. The molecule has 1 aliphatic rings. The van der Waals surface area contributed by atoms with Crippen LogP contribution in [0.3, 0.4) is 0 Å². The van der Waals surface area contributed by atoms with Crippen molar-refractivity contribution < 1.29 is 0 Å². The van der Waals surface area contributed by atoms with E-state index < -0.39 is 0 Å². The number of aryl methyl sites for hydroxylation is 1. The Hall–Kier alpha value is -1.90. The average Bonchev–Trinajstić information content (AvgIpc) is 2.38. The van der Waals surface area contributed by atoms with Crippen LogP contribution in [0.1, 0.15) is 43.3 Å². The Labute approximate surface area is 120 Å². The molecule has 0 saturated heterocycles. The predicted octanol–water partition coefficient (Wildman–Crippen LogP) is 3.69. The lowest BCUT2D eigenvalue weighted by Crippen LogP contribution is -2.37. The molecular weight excluding hydrogens is 246 g/mol. The highest BCUT2D eigenvalue weighted by Crippen LogP contribution is 2.47. The van der Waals surface area contributed by atoms with Gasteiger partial charge in [0, 0.05) is 18.3 Å². The number of benzene rings is 1. The summed E-state index contributed by atoms with van der Waals surface area (Å²) in [6.45, 7) is 5.02. The molecule has 2 aromatic rings. The van der Waals surface area contributed by atoms with E-state index in [4.69, 9.17) is 9.97 Å². The topological polar surface area (TPSA) is 37.8 Å². The Morgan fingerprint density at radius 1 is 1.15 bits per heavy atom. The minimum Gasteiger partial charge on any atom is -0.370 e. The molecule has 1 aliphatic carbocycles. The zero-order chi connectivity index (χ0) is 14.0. The average molecular weight is 267 g/mol. The summed E-state index contributed by atoms with van der Waals surface area (Å²) < 4.78 is 0. The molecule has 0 unspecified atom stereocenters. The van der Waals surface area contributed by atoms with E-state index in [9.17, 15) is 0 Å². The highest BCUT2D eigenvalue weighted by Gasteiger charge is 2.43. The van der Waals surface area contributed by atoms with Gasteiger partial charge in [0.15, 0.2) is 0 Å². The Bertz CT molecular complexity index is 588. The Morgan fingerprint density at radius 2 is 1.90 bits per heavy atom. The molecule has 1 aromatic carbocycles. The van der Waals surface area contributed by atoms with E-state index in [-0.39, 0.29) is 5.41 Å². The van der Waals surface area contributed by atoms with Gasteiger partial charge in [-0.3, -0.25) is 0 Å². The number of aromatic nitrogens is 2. The fourth-order valence-corrected chi connectivity index (χ4v) is 2.98. The summed E-state index contributed by atoms with van der Waals surface area (Å²) >= 11 is 0. The summed E-state index contributed by atoms with van der Waals surface area (Å²) in [4.78, 5) is 9.51. The number of anilines is 1. The molecule has 0 radical (unpaired) electrons. The molecule has 20 heavy (non-hydrogen) atoms. The van der Waals surface area contributed by atoms with Crippen LogP contribution in [-0.4, -0.2) is 16.5 Å². The van der Waals surface area contributed by atoms with Gasteiger partial charge in [-0.2, -0.15) is 0 Å². The number of nitrogens with one attached hydrogen (secondary N) is 1. The van der Waals surface area contributed by atoms with Crippen LogP contribution in [0.5, 0.6) is 0 Å². The van der Waals surface area contributed by atoms with Gasteiger partial charge in [-0.25, -0.2) is 9.97 Å². The van der Waals surface area contributed by atoms with E-state index in [0.717, 1.165) is 36.7 Å². The van der Waals surface area contributed by atoms with Gasteiger partial charge in [0.2, 0.25) is 0 Å². The van der Waals surface area contributed by atoms with Crippen LogP contribution < -0.4 is 5.32 Å². The lowest BCUT2D eigenvalue weighted by Gasteiger charge is -2.41. The molecule has 3 nitrogen and oxygen atoms in total. The first kappa shape index (κ1) is 13.1. The zero-order valence-electron chi connectivity index (χ0n) is 12.2. The van der Waals surface area contributed by atoms with Gasteiger partial charge >= 0.3 is 0 Å². The summed E-state index contributed by atoms with van der Waals surface area (Å²) in [5.74, 6) is 1.92. The lowest BCUT2D eigenvalue weighted by molar-refractivity contribution is 0.285. The standard InChI is InChI=1S/C17H21N3/c1-3-18-15-12-13(2)19-16(20-15)17(10-7-11-17)14-8-5-4-6-9-14/h4-6,8-9,12H,3,7,10-11H2,1-2H3,(H,18,19,20). The van der Waals surface area contributed by atoms with Gasteiger partial charge in [-0.05, 0) is 32.3 Å². The van der Waals surface area contributed by atoms with E-state index in [1.165, 1.54) is 12.0 Å². The summed E-state index contributed by atoms with van der Waals surface area (Å²) in [6, 6.07) is 12.7. The molecule has 1 aromatic heterocycles. The lowest BCUT2D eigenvalue weighted by atomic mass is 9.64. The Kier molecular flexibility index (Phi) is 3.43. The molecule has 3 heteroatoms. The second-order valence-corrected chi connectivity index (χ2v) is 5.55. The van der Waals surface area contributed by atoms with Crippen LogP contribution in [0.2, 0.25) is 0 Å². The quantitative estimate of drug-likeness (QED) is 0.918. The maximum absolute atomic E-state index is 4.77. The van der Waals surface area contributed by atoms with Crippen molar-refractivity contribution in [3.63, 3.8) is 0 Å². The van der Waals surface area contributed by atoms with Crippen molar-refractivity contribution in [1.82, 2.24) is 9.97 Å². The highest BCUT2D eigenvalue weighted by molar-refractivity contribution is 5.41. The van der Waals surface area contributed by atoms with Gasteiger partial charge in [0.05, 0.1) is 5.41 Å². The third-order valence-electron chi connectivity index (χ3n) is 4.17. The maximum atomic E-state index is 4.77. The molecule has 0 aliphatic heterocycles. The number of hydrogen-bond acceptors (Lipinski definition) is 3. The molecule has 1 heterocycles. The van der Waals surface area contributed by atoms with Gasteiger partial charge in [-0.1, -0.05) is 36.8 Å². The molecule has 1 saturated carbocycles. The Balaban J connectivity index is 2.06. The predicted molar refractivity (Wildman–Crippen MR) is 82.0 cm³/mol. The molecule has 0 spiro atoms. The third kappa shape index (κ3) is 2.17. The van der Waals surface area contributed by atoms with Crippen LogP contribution in [-0.2, 0) is 5.41 Å². The number of hydrogen-bond donors (Lipinski definition) is 1. The van der Waals surface area contributed by atoms with Crippen molar-refractivity contribution in [3.05, 3.63) is 53.5 Å². The molecule has 3 rings (SSSR count). The van der Waals surface area contributed by atoms with E-state index in [1.54, 1.807) is 0 Å². The van der Waals surface area contributed by atoms with Crippen molar-refractivity contribution in [2.45, 2.75) is 38.5 Å². The third-order valence-corrected chi connectivity index (χ3v) is 4.17. The molecule has 0 atom stereocenters. The van der Waals surface area contributed by atoms with Gasteiger partial charge in [0.1, 0.15) is 11.6 Å². The highest BCUT2D eigenvalue weighted by atomic mass is 15.0. The minimum atomic E-state index is 0.0252. The normalized spacial score (nSPS) is 16.5. The maximum Gasteiger partial charge on any atom is 0.141 e. The monoisotopic (exact) mass is 267 g/mol. The molecular formula is C17H21N3. The van der Waals surface area contributed by atoms with Crippen LogP contribution in [0.4, 0.5) is 5.82 Å². The first-order valence-electron chi connectivity index (χ1n) is 7.40. The fraction of sp³-hybridized carbons (Fsp3) is 0.412. The van der Waals surface area contributed by atoms with Gasteiger partial charge in [-0.15, -0.1) is 0 Å². The molecule has 1 N–H and O–H groups in total. The second kappa shape index (κ2) is 5.23. The number of rotatable bonds is 4. The largest absolute Gasteiger partial charge is 0.370 e. The summed E-state index contributed by atoms with van der Waals surface area (Å²) in [5.41, 5.74) is 2.41. The van der Waals surface area contributed by atoms with E-state index in [2.05, 4.69) is 42.6 Å².